The van der Waals surface area contributed by atoms with Crippen molar-refractivity contribution >= 4 is 21.2 Å². The summed E-state index contributed by atoms with van der Waals surface area (Å²) in [5.41, 5.74) is 1.16. The molecule has 0 N–H and O–H groups in total. The Labute approximate surface area is 150 Å². The van der Waals surface area contributed by atoms with Crippen LogP contribution in [0.1, 0.15) is 34.6 Å². The molecule has 0 spiro atoms. The maximum atomic E-state index is 12.8. The van der Waals surface area contributed by atoms with E-state index in [9.17, 15) is 9.59 Å². The van der Waals surface area contributed by atoms with E-state index in [-0.39, 0.29) is 17.9 Å². The Hall–Kier alpha value is -2.44. The summed E-state index contributed by atoms with van der Waals surface area (Å²) in [6, 6.07) is 18.1. The first-order valence-electron chi connectivity index (χ1n) is 8.21. The molecule has 25 heavy (non-hydrogen) atoms. The zero-order chi connectivity index (χ0) is 18.4. The number of nitrogens with zero attached hydrogens (tertiary/aromatic N) is 2. The summed E-state index contributed by atoms with van der Waals surface area (Å²) in [7, 11) is 0.928. The van der Waals surface area contributed by atoms with E-state index >= 15 is 0 Å². The summed E-state index contributed by atoms with van der Waals surface area (Å²) >= 11 is 0. The summed E-state index contributed by atoms with van der Waals surface area (Å²) in [5.74, 6) is -0.295. The molecule has 0 heterocycles. The lowest BCUT2D eigenvalue weighted by Gasteiger charge is -2.34. The van der Waals surface area contributed by atoms with Crippen molar-refractivity contribution in [3.05, 3.63) is 71.8 Å². The molecule has 0 bridgehead atoms. The molecule has 132 valence electrons. The quantitative estimate of drug-likeness (QED) is 0.748. The monoisotopic (exact) mass is 356 g/mol. The maximum Gasteiger partial charge on any atom is 0.407 e. The Bertz CT molecular complexity index is 650. The number of benzene rings is 2. The predicted octanol–water partition coefficient (Wildman–Crippen LogP) is 2.67. The molecule has 2 aromatic rings. The normalized spacial score (nSPS) is 10.8. The molecule has 0 aliphatic carbocycles. The highest BCUT2D eigenvalue weighted by Crippen LogP contribution is 2.12. The zero-order valence-electron chi connectivity index (χ0n) is 15.0. The van der Waals surface area contributed by atoms with Gasteiger partial charge in [0.25, 0.3) is 0 Å². The lowest BCUT2D eigenvalue weighted by atomic mass is 10.2. The predicted molar refractivity (Wildman–Crippen MR) is 100 cm³/mol. The van der Waals surface area contributed by atoms with Crippen LogP contribution in [0.2, 0.25) is 0 Å². The Morgan fingerprint density at radius 1 is 0.800 bits per heavy atom. The van der Waals surface area contributed by atoms with Crippen molar-refractivity contribution in [1.29, 1.82) is 0 Å². The lowest BCUT2D eigenvalue weighted by Crippen LogP contribution is -2.56. The van der Waals surface area contributed by atoms with Gasteiger partial charge in [-0.15, -0.1) is 0 Å². The van der Waals surface area contributed by atoms with E-state index in [0.29, 0.717) is 11.1 Å². The Balaban J connectivity index is 2.25. The van der Waals surface area contributed by atoms with Crippen LogP contribution in [0.25, 0.3) is 0 Å². The van der Waals surface area contributed by atoms with Crippen molar-refractivity contribution in [2.24, 2.45) is 0 Å². The molecule has 0 radical (unpaired) electrons. The van der Waals surface area contributed by atoms with Crippen LogP contribution in [-0.2, 0) is 4.43 Å². The van der Waals surface area contributed by atoms with Gasteiger partial charge in [0.15, 0.2) is 0 Å². The largest absolute Gasteiger partial charge is 0.407 e. The average Bonchev–Trinajstić information content (AvgIpc) is 2.65. The number of carbonyl (C=O) groups is 2. The van der Waals surface area contributed by atoms with Crippen molar-refractivity contribution in [2.75, 3.05) is 14.1 Å². The summed E-state index contributed by atoms with van der Waals surface area (Å²) in [4.78, 5) is 25.5. The number of rotatable bonds is 6. The van der Waals surface area contributed by atoms with E-state index in [4.69, 9.17) is 4.43 Å². The minimum absolute atomic E-state index is 0.0892. The second kappa shape index (κ2) is 8.59. The van der Waals surface area contributed by atoms with E-state index in [2.05, 4.69) is 0 Å². The van der Waals surface area contributed by atoms with E-state index in [1.807, 2.05) is 50.2 Å². The van der Waals surface area contributed by atoms with Crippen LogP contribution in [0, 0.1) is 0 Å². The van der Waals surface area contributed by atoms with Crippen LogP contribution in [0.15, 0.2) is 60.7 Å². The molecule has 0 atom stereocenters. The second-order valence-corrected chi connectivity index (χ2v) is 8.55. The van der Waals surface area contributed by atoms with Gasteiger partial charge >= 0.3 is 9.36 Å². The molecular formula is C19H24N2O3Si. The van der Waals surface area contributed by atoms with Gasteiger partial charge in [0.2, 0.25) is 11.8 Å². The first-order chi connectivity index (χ1) is 11.9. The average molecular weight is 356 g/mol. The lowest BCUT2D eigenvalue weighted by molar-refractivity contribution is 0.0755. The zero-order valence-corrected chi connectivity index (χ0v) is 16.2. The maximum absolute atomic E-state index is 12.8. The third kappa shape index (κ3) is 4.77. The number of hydrogen-bond acceptors (Lipinski definition) is 3. The molecule has 2 rings (SSSR count). The Kier molecular flexibility index (Phi) is 6.49. The van der Waals surface area contributed by atoms with Gasteiger partial charge in [-0.25, -0.2) is 0 Å². The SMILES string of the molecule is CC(C)O[SiH](N(C)C(=O)c1ccccc1)N(C)C(=O)c1ccccc1. The van der Waals surface area contributed by atoms with Crippen LogP contribution in [0.5, 0.6) is 0 Å². The van der Waals surface area contributed by atoms with Crippen LogP contribution < -0.4 is 0 Å². The molecule has 0 fully saturated rings. The highest BCUT2D eigenvalue weighted by Gasteiger charge is 2.33. The smallest absolute Gasteiger partial charge is 0.383 e. The molecule has 0 aromatic heterocycles. The molecule has 0 saturated heterocycles. The highest BCUT2D eigenvalue weighted by molar-refractivity contribution is 6.53. The summed E-state index contributed by atoms with van der Waals surface area (Å²) in [6.07, 6.45) is -0.0892. The fourth-order valence-electron chi connectivity index (χ4n) is 2.46. The van der Waals surface area contributed by atoms with Crippen LogP contribution in [0.4, 0.5) is 0 Å². The first kappa shape index (κ1) is 18.9. The Morgan fingerprint density at radius 3 is 1.48 bits per heavy atom. The second-order valence-electron chi connectivity index (χ2n) is 6.08. The van der Waals surface area contributed by atoms with Crippen LogP contribution >= 0.6 is 0 Å². The van der Waals surface area contributed by atoms with Gasteiger partial charge in [-0.05, 0) is 38.1 Å². The van der Waals surface area contributed by atoms with E-state index in [1.54, 1.807) is 47.5 Å². The summed E-state index contributed by atoms with van der Waals surface area (Å²) in [5, 5.41) is 0. The van der Waals surface area contributed by atoms with E-state index < -0.39 is 9.36 Å². The summed E-state index contributed by atoms with van der Waals surface area (Å²) in [6.45, 7) is 3.81. The number of amides is 2. The van der Waals surface area contributed by atoms with Crippen molar-refractivity contribution in [1.82, 2.24) is 9.13 Å². The van der Waals surface area contributed by atoms with Crippen LogP contribution in [-0.4, -0.2) is 50.5 Å². The molecule has 0 aliphatic rings. The number of hydrogen-bond donors (Lipinski definition) is 0. The molecule has 0 aliphatic heterocycles. The molecule has 5 nitrogen and oxygen atoms in total. The highest BCUT2D eigenvalue weighted by atomic mass is 28.3. The fourth-order valence-corrected chi connectivity index (χ4v) is 4.53. The molecular weight excluding hydrogens is 332 g/mol. The van der Waals surface area contributed by atoms with Crippen LogP contribution in [0.3, 0.4) is 0 Å². The van der Waals surface area contributed by atoms with Gasteiger partial charge in [0.05, 0.1) is 0 Å². The van der Waals surface area contributed by atoms with Crippen molar-refractivity contribution in [3.63, 3.8) is 0 Å². The first-order valence-corrected chi connectivity index (χ1v) is 9.72. The van der Waals surface area contributed by atoms with Gasteiger partial charge in [0.1, 0.15) is 0 Å². The van der Waals surface area contributed by atoms with E-state index in [0.717, 1.165) is 0 Å². The van der Waals surface area contributed by atoms with E-state index in [1.165, 1.54) is 0 Å². The molecule has 6 heteroatoms. The van der Waals surface area contributed by atoms with Gasteiger partial charge in [0, 0.05) is 31.3 Å². The fraction of sp³-hybridized carbons (Fsp3) is 0.263. The van der Waals surface area contributed by atoms with Crippen molar-refractivity contribution < 1.29 is 14.0 Å². The molecule has 2 amide bonds. The van der Waals surface area contributed by atoms with Gasteiger partial charge in [-0.2, -0.15) is 0 Å². The third-order valence-electron chi connectivity index (χ3n) is 3.74. The topological polar surface area (TPSA) is 49.9 Å². The van der Waals surface area contributed by atoms with Crippen molar-refractivity contribution in [2.45, 2.75) is 20.0 Å². The minimum atomic E-state index is -2.47. The number of carbonyl (C=O) groups excluding carboxylic acids is 2. The Morgan fingerprint density at radius 2 is 1.16 bits per heavy atom. The van der Waals surface area contributed by atoms with Crippen molar-refractivity contribution in [3.8, 4) is 0 Å². The minimum Gasteiger partial charge on any atom is -0.383 e. The molecule has 2 aromatic carbocycles. The molecule has 0 saturated carbocycles. The standard InChI is InChI=1S/C19H24N2O3Si/c1-15(2)24-25(20(3)18(22)16-11-7-5-8-12-16)21(4)19(23)17-13-9-6-10-14-17/h5-15,25H,1-4H3. The van der Waals surface area contributed by atoms with Gasteiger partial charge in [-0.1, -0.05) is 36.4 Å². The molecule has 0 unspecified atom stereocenters. The third-order valence-corrected chi connectivity index (χ3v) is 6.32. The van der Waals surface area contributed by atoms with Gasteiger partial charge in [-0.3, -0.25) is 9.59 Å². The van der Waals surface area contributed by atoms with Gasteiger partial charge < -0.3 is 13.6 Å². The summed E-state index contributed by atoms with van der Waals surface area (Å²) < 4.78 is 9.17.